The predicted molar refractivity (Wildman–Crippen MR) is 172 cm³/mol. The molecule has 6 heteroatoms. The number of pyridine rings is 1. The molecule has 43 heavy (non-hydrogen) atoms. The molecule has 1 saturated heterocycles. The minimum absolute atomic E-state index is 0.0382. The average molecular weight is 592 g/mol. The van der Waals surface area contributed by atoms with E-state index >= 15 is 0 Å². The highest BCUT2D eigenvalue weighted by atomic mass is 35.5. The minimum Gasteiger partial charge on any atom is -0.349 e. The van der Waals surface area contributed by atoms with Crippen molar-refractivity contribution >= 4 is 34.2 Å². The Morgan fingerprint density at radius 2 is 1.65 bits per heavy atom. The van der Waals surface area contributed by atoms with Crippen molar-refractivity contribution in [3.05, 3.63) is 111 Å². The topological polar surface area (TPSA) is 62.3 Å². The van der Waals surface area contributed by atoms with Crippen LogP contribution < -0.4 is 5.32 Å². The van der Waals surface area contributed by atoms with Crippen LogP contribution in [0.2, 0.25) is 5.02 Å². The first kappa shape index (κ1) is 28.2. The highest BCUT2D eigenvalue weighted by Gasteiger charge is 2.43. The molecule has 7 rings (SSSR count). The van der Waals surface area contributed by atoms with Gasteiger partial charge in [-0.2, -0.15) is 0 Å². The smallest absolute Gasteiger partial charge is 0.252 e. The maximum absolute atomic E-state index is 13.2. The van der Waals surface area contributed by atoms with Crippen LogP contribution in [0.1, 0.15) is 100 Å². The molecule has 2 aliphatic heterocycles. The molecule has 0 radical (unpaired) electrons. The Morgan fingerprint density at radius 3 is 2.44 bits per heavy atom. The van der Waals surface area contributed by atoms with Crippen molar-refractivity contribution in [3.63, 3.8) is 0 Å². The lowest BCUT2D eigenvalue weighted by molar-refractivity contribution is 0.0919. The van der Waals surface area contributed by atoms with Crippen LogP contribution in [0.5, 0.6) is 0 Å². The average Bonchev–Trinajstić information content (AvgIpc) is 3.57. The summed E-state index contributed by atoms with van der Waals surface area (Å²) in [7, 11) is 0. The van der Waals surface area contributed by atoms with Crippen molar-refractivity contribution in [1.29, 1.82) is 0 Å². The largest absolute Gasteiger partial charge is 0.349 e. The number of nitrogens with zero attached hydrogens (tertiary/aromatic N) is 2. The molecule has 2 atom stereocenters. The van der Waals surface area contributed by atoms with E-state index in [1.54, 1.807) is 6.07 Å². The monoisotopic (exact) mass is 591 g/mol. The number of hydrogen-bond acceptors (Lipinski definition) is 4. The zero-order valence-corrected chi connectivity index (χ0v) is 25.4. The summed E-state index contributed by atoms with van der Waals surface area (Å²) in [6.45, 7) is 3.03. The second-order valence-electron chi connectivity index (χ2n) is 12.7. The van der Waals surface area contributed by atoms with E-state index in [2.05, 4.69) is 27.3 Å². The fourth-order valence-corrected chi connectivity index (χ4v) is 7.94. The standard InChI is InChI=1S/C37H38ClN3O2/c1-23-7-13-29-30(15-16-32(38)36(29)39-23)37(43)40-27-11-8-24(9-12-27)19-20-41-33-17-18-34(41)31-22-26(10-14-28(31)33)35(42)21-25-5-3-2-4-6-25/h2-7,10,13-16,22,24,27,33-34H,8-9,11-12,17-21H2,1H3,(H,40,43)/t24-,27-,33-,34+/m0/s1. The molecule has 2 fully saturated rings. The van der Waals surface area contributed by atoms with Crippen LogP contribution in [-0.4, -0.2) is 34.2 Å². The van der Waals surface area contributed by atoms with Gasteiger partial charge in [-0.05, 0) is 105 Å². The SMILES string of the molecule is Cc1ccc2c(C(=O)N[C@H]3CC[C@H](CCN4[C@@H]5CC[C@H]4c4ccc(C(=O)Cc6ccccc6)cc45)CC3)ccc(Cl)c2n1. The first-order valence-corrected chi connectivity index (χ1v) is 16.2. The van der Waals surface area contributed by atoms with Crippen molar-refractivity contribution in [3.8, 4) is 0 Å². The zero-order chi connectivity index (χ0) is 29.5. The predicted octanol–water partition coefficient (Wildman–Crippen LogP) is 8.19. The molecule has 1 N–H and O–H groups in total. The maximum Gasteiger partial charge on any atom is 0.252 e. The van der Waals surface area contributed by atoms with E-state index in [0.717, 1.165) is 54.4 Å². The number of halogens is 1. The van der Waals surface area contributed by atoms with E-state index in [1.165, 1.54) is 30.4 Å². The summed E-state index contributed by atoms with van der Waals surface area (Å²) in [5.41, 5.74) is 6.93. The number of rotatable bonds is 8. The van der Waals surface area contributed by atoms with Gasteiger partial charge in [0.25, 0.3) is 5.91 Å². The van der Waals surface area contributed by atoms with Crippen LogP contribution in [0, 0.1) is 12.8 Å². The Balaban J connectivity index is 0.929. The fraction of sp³-hybridized carbons (Fsp3) is 0.378. The van der Waals surface area contributed by atoms with E-state index in [9.17, 15) is 9.59 Å². The summed E-state index contributed by atoms with van der Waals surface area (Å²) >= 11 is 6.37. The Kier molecular flexibility index (Phi) is 7.79. The minimum atomic E-state index is -0.0382. The first-order valence-electron chi connectivity index (χ1n) is 15.8. The summed E-state index contributed by atoms with van der Waals surface area (Å²) in [6.07, 6.45) is 8.34. The van der Waals surface area contributed by atoms with E-state index in [4.69, 9.17) is 11.6 Å². The third-order valence-electron chi connectivity index (χ3n) is 10.0. The highest BCUT2D eigenvalue weighted by molar-refractivity contribution is 6.35. The molecule has 0 spiro atoms. The normalized spacial score (nSPS) is 22.9. The lowest BCUT2D eigenvalue weighted by atomic mass is 9.84. The number of carbonyl (C=O) groups excluding carboxylic acids is 2. The van der Waals surface area contributed by atoms with Crippen LogP contribution in [0.4, 0.5) is 0 Å². The van der Waals surface area contributed by atoms with Crippen molar-refractivity contribution in [1.82, 2.24) is 15.2 Å². The molecule has 5 nitrogen and oxygen atoms in total. The molecular formula is C37H38ClN3O2. The molecule has 1 saturated carbocycles. The van der Waals surface area contributed by atoms with E-state index in [0.29, 0.717) is 40.5 Å². The summed E-state index contributed by atoms with van der Waals surface area (Å²) in [5.74, 6) is 0.842. The number of benzene rings is 3. The van der Waals surface area contributed by atoms with Crippen LogP contribution in [0.15, 0.2) is 72.8 Å². The van der Waals surface area contributed by atoms with Crippen LogP contribution in [0.3, 0.4) is 0 Å². The van der Waals surface area contributed by atoms with E-state index < -0.39 is 0 Å². The highest BCUT2D eigenvalue weighted by Crippen LogP contribution is 2.53. The van der Waals surface area contributed by atoms with Gasteiger partial charge in [-0.3, -0.25) is 19.5 Å². The van der Waals surface area contributed by atoms with E-state index in [1.807, 2.05) is 61.5 Å². The molecule has 0 unspecified atom stereocenters. The van der Waals surface area contributed by atoms with Crippen LogP contribution in [0.25, 0.3) is 10.9 Å². The molecule has 1 aromatic heterocycles. The summed E-state index contributed by atoms with van der Waals surface area (Å²) in [5, 5.41) is 4.67. The van der Waals surface area contributed by atoms with E-state index in [-0.39, 0.29) is 17.7 Å². The molecule has 3 aromatic carbocycles. The molecule has 1 aliphatic carbocycles. The Morgan fingerprint density at radius 1 is 0.884 bits per heavy atom. The van der Waals surface area contributed by atoms with Crippen LogP contribution in [-0.2, 0) is 6.42 Å². The van der Waals surface area contributed by atoms with Gasteiger partial charge in [0.15, 0.2) is 5.78 Å². The molecule has 2 bridgehead atoms. The van der Waals surface area contributed by atoms with Crippen molar-refractivity contribution < 1.29 is 9.59 Å². The molecule has 3 heterocycles. The number of ketones is 1. The Hall–Kier alpha value is -3.54. The number of Topliss-reactive ketones (excluding diaryl/α,β-unsaturated/α-hetero) is 1. The van der Waals surface area contributed by atoms with Crippen molar-refractivity contribution in [2.45, 2.75) is 76.4 Å². The van der Waals surface area contributed by atoms with Gasteiger partial charge in [-0.25, -0.2) is 0 Å². The zero-order valence-electron chi connectivity index (χ0n) is 24.7. The number of aryl methyl sites for hydroxylation is 1. The third kappa shape index (κ3) is 5.61. The summed E-state index contributed by atoms with van der Waals surface area (Å²) < 4.78 is 0. The van der Waals surface area contributed by atoms with Crippen molar-refractivity contribution in [2.24, 2.45) is 5.92 Å². The molecule has 220 valence electrons. The first-order chi connectivity index (χ1) is 20.9. The molecule has 3 aliphatic rings. The van der Waals surface area contributed by atoms with Crippen LogP contribution >= 0.6 is 11.6 Å². The van der Waals surface area contributed by atoms with Gasteiger partial charge in [0.2, 0.25) is 0 Å². The van der Waals surface area contributed by atoms with Gasteiger partial charge in [0.05, 0.1) is 10.5 Å². The number of nitrogens with one attached hydrogen (secondary N) is 1. The lowest BCUT2D eigenvalue weighted by Crippen LogP contribution is -2.38. The quantitative estimate of drug-likeness (QED) is 0.210. The number of amides is 1. The van der Waals surface area contributed by atoms with Gasteiger partial charge in [0, 0.05) is 46.8 Å². The summed E-state index contributed by atoms with van der Waals surface area (Å²) in [4.78, 5) is 33.5. The van der Waals surface area contributed by atoms with Gasteiger partial charge in [-0.15, -0.1) is 0 Å². The number of fused-ring (bicyclic) bond motifs is 6. The van der Waals surface area contributed by atoms with Gasteiger partial charge < -0.3 is 5.32 Å². The molecule has 4 aromatic rings. The third-order valence-corrected chi connectivity index (χ3v) is 10.3. The molecular weight excluding hydrogens is 554 g/mol. The lowest BCUT2D eigenvalue weighted by Gasteiger charge is -2.31. The maximum atomic E-state index is 13.2. The second-order valence-corrected chi connectivity index (χ2v) is 13.1. The number of carbonyl (C=O) groups is 2. The van der Waals surface area contributed by atoms with Gasteiger partial charge in [-0.1, -0.05) is 60.1 Å². The fourth-order valence-electron chi connectivity index (χ4n) is 7.74. The summed E-state index contributed by atoms with van der Waals surface area (Å²) in [6, 6.07) is 25.1. The second kappa shape index (κ2) is 11.9. The Bertz CT molecular complexity index is 1680. The molecule has 1 amide bonds. The number of aromatic nitrogens is 1. The number of hydrogen-bond donors (Lipinski definition) is 1. The Labute approximate surface area is 258 Å². The van der Waals surface area contributed by atoms with Crippen molar-refractivity contribution in [2.75, 3.05) is 6.54 Å². The van der Waals surface area contributed by atoms with Gasteiger partial charge in [0.1, 0.15) is 0 Å². The van der Waals surface area contributed by atoms with Gasteiger partial charge >= 0.3 is 0 Å².